The summed E-state index contributed by atoms with van der Waals surface area (Å²) >= 11 is 0. The highest BCUT2D eigenvalue weighted by molar-refractivity contribution is 6.12. The molecule has 1 aromatic heterocycles. The van der Waals surface area contributed by atoms with Crippen LogP contribution >= 0.6 is 0 Å². The second-order valence-electron chi connectivity index (χ2n) is 16.0. The maximum atomic E-state index is 2.50. The molecule has 1 heterocycles. The average molecular weight is 704 g/mol. The van der Waals surface area contributed by atoms with Crippen LogP contribution in [0, 0.1) is 0 Å². The second-order valence-corrected chi connectivity index (χ2v) is 16.0. The number of aryl methyl sites for hydroxylation is 1. The molecule has 0 amide bonds. The van der Waals surface area contributed by atoms with Crippen molar-refractivity contribution in [2.75, 3.05) is 0 Å². The van der Waals surface area contributed by atoms with Crippen LogP contribution in [-0.2, 0) is 11.8 Å². The van der Waals surface area contributed by atoms with Crippen LogP contribution in [0.15, 0.2) is 182 Å². The van der Waals surface area contributed by atoms with Gasteiger partial charge >= 0.3 is 0 Å². The van der Waals surface area contributed by atoms with Crippen LogP contribution in [0.5, 0.6) is 0 Å². The highest BCUT2D eigenvalue weighted by Crippen LogP contribution is 2.52. The molecular formula is C54H41N. The molecule has 0 fully saturated rings. The molecule has 8 aromatic carbocycles. The summed E-state index contributed by atoms with van der Waals surface area (Å²) in [6, 6.07) is 68.1. The van der Waals surface area contributed by atoms with Gasteiger partial charge in [-0.3, -0.25) is 0 Å². The van der Waals surface area contributed by atoms with E-state index >= 15 is 0 Å². The van der Waals surface area contributed by atoms with E-state index in [-0.39, 0.29) is 5.41 Å². The van der Waals surface area contributed by atoms with E-state index in [1.165, 1.54) is 99.8 Å². The van der Waals surface area contributed by atoms with Crippen molar-refractivity contribution in [1.82, 2.24) is 4.57 Å². The Morgan fingerprint density at radius 1 is 0.436 bits per heavy atom. The van der Waals surface area contributed by atoms with Crippen molar-refractivity contribution in [2.24, 2.45) is 0 Å². The minimum absolute atomic E-state index is 0.0762. The summed E-state index contributed by atoms with van der Waals surface area (Å²) in [6.07, 6.45) is 2.17. The van der Waals surface area contributed by atoms with Gasteiger partial charge in [-0.2, -0.15) is 0 Å². The van der Waals surface area contributed by atoms with Gasteiger partial charge in [0.2, 0.25) is 0 Å². The lowest BCUT2D eigenvalue weighted by Gasteiger charge is -2.22. The van der Waals surface area contributed by atoms with Gasteiger partial charge in [0.05, 0.1) is 11.0 Å². The molecule has 9 aromatic rings. The van der Waals surface area contributed by atoms with E-state index in [9.17, 15) is 0 Å². The molecule has 0 bridgehead atoms. The molecule has 2 aliphatic rings. The number of aromatic nitrogens is 1. The molecule has 55 heavy (non-hydrogen) atoms. The lowest BCUT2D eigenvalue weighted by molar-refractivity contribution is 0.661. The first kappa shape index (κ1) is 32.0. The van der Waals surface area contributed by atoms with Gasteiger partial charge in [-0.1, -0.05) is 159 Å². The van der Waals surface area contributed by atoms with E-state index in [2.05, 4.69) is 200 Å². The Kier molecular flexibility index (Phi) is 7.16. The van der Waals surface area contributed by atoms with E-state index < -0.39 is 0 Å². The number of hydrogen-bond donors (Lipinski definition) is 0. The van der Waals surface area contributed by atoms with Gasteiger partial charge in [-0.15, -0.1) is 0 Å². The molecule has 0 spiro atoms. The van der Waals surface area contributed by atoms with Gasteiger partial charge in [-0.25, -0.2) is 0 Å². The Labute approximate surface area is 323 Å². The van der Waals surface area contributed by atoms with Crippen molar-refractivity contribution in [1.29, 1.82) is 0 Å². The van der Waals surface area contributed by atoms with Gasteiger partial charge in [0.15, 0.2) is 0 Å². The highest BCUT2D eigenvalue weighted by Gasteiger charge is 2.36. The normalized spacial score (nSPS) is 14.8. The van der Waals surface area contributed by atoms with Crippen molar-refractivity contribution in [3.63, 3.8) is 0 Å². The zero-order valence-electron chi connectivity index (χ0n) is 31.3. The summed E-state index contributed by atoms with van der Waals surface area (Å²) < 4.78 is 2.50. The summed E-state index contributed by atoms with van der Waals surface area (Å²) in [5.74, 6) is 0.394. The average Bonchev–Trinajstić information content (AvgIpc) is 3.82. The standard InChI is InChI=1S/C54H41N/c1-54(2)50-23-13-11-21-44(50)48-33-49-45-22-12-14-24-52(45)55(53(49)34-51(48)54)38-27-30-39(46(32-38)36-17-7-4-8-18-36)37-26-29-43-42(28-25-35-15-5-3-6-16-35)40-19-9-10-20-41(40)47(43)31-37/h3-24,26-27,29-34,42H,25,28H2,1-2H3. The minimum atomic E-state index is -0.0762. The van der Waals surface area contributed by atoms with Crippen molar-refractivity contribution in [3.8, 4) is 50.2 Å². The zero-order valence-corrected chi connectivity index (χ0v) is 31.3. The van der Waals surface area contributed by atoms with Crippen LogP contribution in [0.25, 0.3) is 72.0 Å². The van der Waals surface area contributed by atoms with Crippen LogP contribution in [-0.4, -0.2) is 4.57 Å². The lowest BCUT2D eigenvalue weighted by Crippen LogP contribution is -2.14. The number of para-hydroxylation sites is 1. The maximum absolute atomic E-state index is 2.50. The van der Waals surface area contributed by atoms with Gasteiger partial charge in [0.25, 0.3) is 0 Å². The fourth-order valence-corrected chi connectivity index (χ4v) is 9.96. The van der Waals surface area contributed by atoms with Crippen molar-refractivity contribution >= 4 is 21.8 Å². The summed E-state index contributed by atoms with van der Waals surface area (Å²) in [5.41, 5.74) is 21.1. The van der Waals surface area contributed by atoms with Gasteiger partial charge in [-0.05, 0) is 122 Å². The first-order valence-electron chi connectivity index (χ1n) is 19.7. The Balaban J connectivity index is 1.07. The maximum Gasteiger partial charge on any atom is 0.0544 e. The molecule has 0 saturated heterocycles. The van der Waals surface area contributed by atoms with E-state index in [0.29, 0.717) is 5.92 Å². The molecule has 2 aliphatic carbocycles. The number of hydrogen-bond acceptors (Lipinski definition) is 0. The van der Waals surface area contributed by atoms with E-state index in [1.807, 2.05) is 0 Å². The summed E-state index contributed by atoms with van der Waals surface area (Å²) in [7, 11) is 0. The molecule has 1 nitrogen and oxygen atoms in total. The predicted octanol–water partition coefficient (Wildman–Crippen LogP) is 14.2. The van der Waals surface area contributed by atoms with Crippen LogP contribution < -0.4 is 0 Å². The monoisotopic (exact) mass is 703 g/mol. The molecule has 0 aliphatic heterocycles. The number of benzene rings is 8. The summed E-state index contributed by atoms with van der Waals surface area (Å²) in [5, 5.41) is 2.58. The molecule has 0 radical (unpaired) electrons. The fraction of sp³-hybridized carbons (Fsp3) is 0.111. The van der Waals surface area contributed by atoms with Crippen molar-refractivity contribution in [3.05, 3.63) is 210 Å². The van der Waals surface area contributed by atoms with Crippen LogP contribution in [0.3, 0.4) is 0 Å². The van der Waals surface area contributed by atoms with Crippen molar-refractivity contribution < 1.29 is 0 Å². The van der Waals surface area contributed by atoms with Gasteiger partial charge < -0.3 is 4.57 Å². The number of fused-ring (bicyclic) bond motifs is 9. The third kappa shape index (κ3) is 4.93. The lowest BCUT2D eigenvalue weighted by atomic mass is 9.82. The molecule has 0 N–H and O–H groups in total. The molecule has 0 saturated carbocycles. The van der Waals surface area contributed by atoms with Gasteiger partial charge in [0.1, 0.15) is 0 Å². The topological polar surface area (TPSA) is 4.93 Å². The summed E-state index contributed by atoms with van der Waals surface area (Å²) in [4.78, 5) is 0. The molecule has 11 rings (SSSR count). The van der Waals surface area contributed by atoms with Crippen LogP contribution in [0.1, 0.15) is 54.0 Å². The molecule has 262 valence electrons. The smallest absolute Gasteiger partial charge is 0.0544 e. The molecule has 1 heteroatoms. The number of rotatable bonds is 6. The second kappa shape index (κ2) is 12.3. The first-order valence-corrected chi connectivity index (χ1v) is 19.7. The third-order valence-corrected chi connectivity index (χ3v) is 12.7. The number of nitrogens with zero attached hydrogens (tertiary/aromatic N) is 1. The Morgan fingerprint density at radius 2 is 1.15 bits per heavy atom. The van der Waals surface area contributed by atoms with E-state index in [1.54, 1.807) is 0 Å². The van der Waals surface area contributed by atoms with E-state index in [0.717, 1.165) is 12.8 Å². The molecule has 1 unspecified atom stereocenters. The highest BCUT2D eigenvalue weighted by atomic mass is 15.0. The SMILES string of the molecule is CC1(C)c2ccccc2-c2cc3c4ccccc4n(-c4ccc(-c5ccc6c(c5)-c5ccccc5C6CCc5ccccc5)c(-c5ccccc5)c4)c3cc21. The van der Waals surface area contributed by atoms with Crippen LogP contribution in [0.2, 0.25) is 0 Å². The van der Waals surface area contributed by atoms with Crippen LogP contribution in [0.4, 0.5) is 0 Å². The van der Waals surface area contributed by atoms with E-state index in [4.69, 9.17) is 0 Å². The fourth-order valence-electron chi connectivity index (χ4n) is 9.96. The van der Waals surface area contributed by atoms with Crippen molar-refractivity contribution in [2.45, 2.75) is 38.0 Å². The minimum Gasteiger partial charge on any atom is -0.309 e. The Hall–Kier alpha value is -6.44. The third-order valence-electron chi connectivity index (χ3n) is 12.7. The molecular weight excluding hydrogens is 663 g/mol. The molecule has 1 atom stereocenters. The zero-order chi connectivity index (χ0) is 36.7. The Bertz CT molecular complexity index is 2940. The largest absolute Gasteiger partial charge is 0.309 e. The summed E-state index contributed by atoms with van der Waals surface area (Å²) in [6.45, 7) is 4.75. The first-order chi connectivity index (χ1) is 27.0. The predicted molar refractivity (Wildman–Crippen MR) is 231 cm³/mol. The quantitative estimate of drug-likeness (QED) is 0.162. The Morgan fingerprint density at radius 3 is 2.00 bits per heavy atom. The van der Waals surface area contributed by atoms with Gasteiger partial charge in [0, 0.05) is 27.8 Å².